The first-order valence-corrected chi connectivity index (χ1v) is 10.0. The zero-order chi connectivity index (χ0) is 16.1. The van der Waals surface area contributed by atoms with Gasteiger partial charge in [-0.05, 0) is 41.4 Å². The predicted molar refractivity (Wildman–Crippen MR) is 80.5 cm³/mol. The topological polar surface area (TPSA) is 106 Å². The van der Waals surface area contributed by atoms with E-state index in [2.05, 4.69) is 20.7 Å². The molecule has 1 unspecified atom stereocenters. The Morgan fingerprint density at radius 1 is 1.43 bits per heavy atom. The number of sulfone groups is 1. The summed E-state index contributed by atoms with van der Waals surface area (Å²) in [5, 5.41) is 0. The van der Waals surface area contributed by atoms with Gasteiger partial charge in [-0.3, -0.25) is 0 Å². The molecule has 10 heteroatoms. The number of nitrogens with two attached hydrogens (primary N) is 1. The van der Waals surface area contributed by atoms with Crippen LogP contribution in [-0.4, -0.2) is 33.9 Å². The zero-order valence-electron chi connectivity index (χ0n) is 11.1. The van der Waals surface area contributed by atoms with Crippen LogP contribution in [0.1, 0.15) is 13.3 Å². The van der Waals surface area contributed by atoms with Gasteiger partial charge in [0.25, 0.3) is 0 Å². The fourth-order valence-electron chi connectivity index (χ4n) is 2.25. The van der Waals surface area contributed by atoms with Crippen LogP contribution in [0.2, 0.25) is 0 Å². The lowest BCUT2D eigenvalue weighted by Gasteiger charge is -2.24. The first kappa shape index (κ1) is 16.7. The van der Waals surface area contributed by atoms with Crippen LogP contribution in [0.4, 0.5) is 10.1 Å². The number of nitrogens with one attached hydrogen (secondary N) is 1. The summed E-state index contributed by atoms with van der Waals surface area (Å²) in [6, 6.07) is 1.95. The average molecular weight is 401 g/mol. The number of sulfonamides is 1. The minimum Gasteiger partial charge on any atom is -0.398 e. The molecule has 1 aliphatic heterocycles. The van der Waals surface area contributed by atoms with Crippen LogP contribution in [0.5, 0.6) is 0 Å². The minimum absolute atomic E-state index is 0.0405. The van der Waals surface area contributed by atoms with Gasteiger partial charge in [-0.2, -0.15) is 0 Å². The Hall–Kier alpha value is -0.710. The monoisotopic (exact) mass is 400 g/mol. The minimum atomic E-state index is -4.06. The molecule has 1 aromatic rings. The molecule has 0 aromatic heterocycles. The van der Waals surface area contributed by atoms with Crippen molar-refractivity contribution in [1.82, 2.24) is 4.72 Å². The van der Waals surface area contributed by atoms with Crippen molar-refractivity contribution in [3.63, 3.8) is 0 Å². The molecule has 0 saturated carbocycles. The highest BCUT2D eigenvalue weighted by atomic mass is 79.9. The van der Waals surface area contributed by atoms with E-state index in [1.165, 1.54) is 6.92 Å². The second kappa shape index (κ2) is 5.18. The molecule has 0 aliphatic carbocycles. The number of hydrogen-bond donors (Lipinski definition) is 2. The van der Waals surface area contributed by atoms with Crippen LogP contribution >= 0.6 is 15.9 Å². The van der Waals surface area contributed by atoms with Crippen molar-refractivity contribution < 1.29 is 21.2 Å². The SMILES string of the molecule is CC1(NS(=O)(=O)c2cc(Br)c(F)cc2N)CCS(=O)(=O)C1. The van der Waals surface area contributed by atoms with E-state index in [-0.39, 0.29) is 33.0 Å². The predicted octanol–water partition coefficient (Wildman–Crippen LogP) is 1.03. The number of hydrogen-bond acceptors (Lipinski definition) is 5. The molecule has 1 aliphatic rings. The number of rotatable bonds is 3. The summed E-state index contributed by atoms with van der Waals surface area (Å²) in [6.07, 6.45) is 0.177. The van der Waals surface area contributed by atoms with Gasteiger partial charge in [-0.25, -0.2) is 25.9 Å². The molecule has 0 spiro atoms. The second-order valence-corrected chi connectivity index (χ2v) is 10.0. The largest absolute Gasteiger partial charge is 0.398 e. The van der Waals surface area contributed by atoms with Crippen LogP contribution in [0, 0.1) is 5.82 Å². The van der Waals surface area contributed by atoms with Crippen molar-refractivity contribution >= 4 is 41.5 Å². The first-order valence-electron chi connectivity index (χ1n) is 5.93. The molecule has 1 aromatic carbocycles. The molecular formula is C11H14BrFN2O4S2. The highest BCUT2D eigenvalue weighted by Gasteiger charge is 2.41. The van der Waals surface area contributed by atoms with Gasteiger partial charge in [0, 0.05) is 5.54 Å². The van der Waals surface area contributed by atoms with Gasteiger partial charge in [0.1, 0.15) is 10.7 Å². The number of halogens is 2. The van der Waals surface area contributed by atoms with Gasteiger partial charge in [0.2, 0.25) is 10.0 Å². The maximum Gasteiger partial charge on any atom is 0.243 e. The van der Waals surface area contributed by atoms with Crippen molar-refractivity contribution in [1.29, 1.82) is 0 Å². The van der Waals surface area contributed by atoms with E-state index < -0.39 is 31.2 Å². The third-order valence-corrected chi connectivity index (χ3v) is 7.43. The van der Waals surface area contributed by atoms with E-state index in [0.29, 0.717) is 0 Å². The zero-order valence-corrected chi connectivity index (χ0v) is 14.3. The maximum atomic E-state index is 13.3. The summed E-state index contributed by atoms with van der Waals surface area (Å²) in [5.41, 5.74) is 4.21. The third-order valence-electron chi connectivity index (χ3n) is 3.23. The van der Waals surface area contributed by atoms with E-state index in [1.807, 2.05) is 0 Å². The molecule has 0 bridgehead atoms. The molecule has 1 fully saturated rings. The van der Waals surface area contributed by atoms with Gasteiger partial charge in [0.15, 0.2) is 9.84 Å². The van der Waals surface area contributed by atoms with E-state index in [9.17, 15) is 21.2 Å². The highest BCUT2D eigenvalue weighted by molar-refractivity contribution is 9.10. The molecule has 2 rings (SSSR count). The van der Waals surface area contributed by atoms with Crippen LogP contribution < -0.4 is 10.5 Å². The van der Waals surface area contributed by atoms with Crippen molar-refractivity contribution in [2.45, 2.75) is 23.8 Å². The Labute approximate surface area is 131 Å². The second-order valence-electron chi connectivity index (χ2n) is 5.31. The molecule has 118 valence electrons. The normalized spacial score (nSPS) is 25.1. The van der Waals surface area contributed by atoms with Gasteiger partial charge >= 0.3 is 0 Å². The summed E-state index contributed by atoms with van der Waals surface area (Å²) in [4.78, 5) is -0.290. The highest BCUT2D eigenvalue weighted by Crippen LogP contribution is 2.29. The Morgan fingerprint density at radius 2 is 2.05 bits per heavy atom. The summed E-state index contributed by atoms with van der Waals surface area (Å²) >= 11 is 2.90. The van der Waals surface area contributed by atoms with Crippen molar-refractivity contribution in [3.05, 3.63) is 22.4 Å². The summed E-state index contributed by atoms with van der Waals surface area (Å²) in [5.74, 6) is -1.03. The molecule has 6 nitrogen and oxygen atoms in total. The van der Waals surface area contributed by atoms with E-state index in [4.69, 9.17) is 5.73 Å². The van der Waals surface area contributed by atoms with Crippen LogP contribution in [0.25, 0.3) is 0 Å². The standard InChI is InChI=1S/C11H14BrFN2O4S2/c1-11(2-3-20(16,17)6-11)15-21(18,19)10-4-7(12)8(13)5-9(10)14/h4-5,15H,2-3,6,14H2,1H3. The number of nitrogen functional groups attached to an aromatic ring is 1. The molecule has 3 N–H and O–H groups in total. The molecule has 0 amide bonds. The van der Waals surface area contributed by atoms with Gasteiger partial charge in [-0.15, -0.1) is 0 Å². The van der Waals surface area contributed by atoms with Gasteiger partial charge in [0.05, 0.1) is 21.7 Å². The average Bonchev–Trinajstić information content (AvgIpc) is 2.56. The van der Waals surface area contributed by atoms with Gasteiger partial charge < -0.3 is 5.73 Å². The molecule has 1 saturated heterocycles. The summed E-state index contributed by atoms with van der Waals surface area (Å²) in [7, 11) is -7.32. The Morgan fingerprint density at radius 3 is 2.57 bits per heavy atom. The fraction of sp³-hybridized carbons (Fsp3) is 0.455. The Balaban J connectivity index is 2.38. The lowest BCUT2D eigenvalue weighted by Crippen LogP contribution is -2.46. The van der Waals surface area contributed by atoms with Crippen molar-refractivity contribution in [2.24, 2.45) is 0 Å². The molecule has 1 heterocycles. The molecule has 1 atom stereocenters. The Kier molecular flexibility index (Phi) is 4.11. The molecule has 0 radical (unpaired) electrons. The fourth-order valence-corrected chi connectivity index (χ4v) is 6.50. The van der Waals surface area contributed by atoms with Crippen molar-refractivity contribution in [3.8, 4) is 0 Å². The lowest BCUT2D eigenvalue weighted by molar-refractivity contribution is 0.462. The molecule has 21 heavy (non-hydrogen) atoms. The third kappa shape index (κ3) is 3.55. The van der Waals surface area contributed by atoms with E-state index in [1.54, 1.807) is 0 Å². The Bertz CT molecular complexity index is 795. The number of benzene rings is 1. The van der Waals surface area contributed by atoms with Gasteiger partial charge in [-0.1, -0.05) is 0 Å². The maximum absolute atomic E-state index is 13.3. The van der Waals surface area contributed by atoms with Crippen LogP contribution in [-0.2, 0) is 19.9 Å². The van der Waals surface area contributed by atoms with Crippen LogP contribution in [0.3, 0.4) is 0 Å². The summed E-state index contributed by atoms with van der Waals surface area (Å²) in [6.45, 7) is 1.52. The van der Waals surface area contributed by atoms with E-state index in [0.717, 1.165) is 12.1 Å². The lowest BCUT2D eigenvalue weighted by atomic mass is 10.0. The van der Waals surface area contributed by atoms with Crippen molar-refractivity contribution in [2.75, 3.05) is 17.2 Å². The number of anilines is 1. The van der Waals surface area contributed by atoms with E-state index >= 15 is 0 Å². The first-order chi connectivity index (χ1) is 9.44. The molecular weight excluding hydrogens is 387 g/mol. The smallest absolute Gasteiger partial charge is 0.243 e. The quantitative estimate of drug-likeness (QED) is 0.736. The van der Waals surface area contributed by atoms with Crippen LogP contribution in [0.15, 0.2) is 21.5 Å². The summed E-state index contributed by atoms with van der Waals surface area (Å²) < 4.78 is 63.4.